The molecule has 31 heavy (non-hydrogen) atoms. The molecular weight excluding hydrogens is 416 g/mol. The van der Waals surface area contributed by atoms with Crippen molar-refractivity contribution >= 4 is 27.5 Å². The van der Waals surface area contributed by atoms with Gasteiger partial charge in [-0.3, -0.25) is 4.79 Å². The van der Waals surface area contributed by atoms with Gasteiger partial charge < -0.3 is 19.5 Å². The lowest BCUT2D eigenvalue weighted by atomic mass is 9.95. The largest absolute Gasteiger partial charge is 0.474 e. The smallest absolute Gasteiger partial charge is 0.274 e. The first-order valence-corrected chi connectivity index (χ1v) is 11.4. The van der Waals surface area contributed by atoms with Crippen molar-refractivity contribution in [2.75, 3.05) is 13.2 Å². The average molecular weight is 447 g/mol. The van der Waals surface area contributed by atoms with Gasteiger partial charge in [0, 0.05) is 19.0 Å². The van der Waals surface area contributed by atoms with E-state index in [4.69, 9.17) is 19.5 Å². The van der Waals surface area contributed by atoms with Gasteiger partial charge in [-0.25, -0.2) is 9.97 Å². The van der Waals surface area contributed by atoms with Crippen molar-refractivity contribution in [1.29, 1.82) is 5.26 Å². The minimum atomic E-state index is -0.561. The van der Waals surface area contributed by atoms with E-state index in [1.165, 1.54) is 18.3 Å². The molecule has 0 spiro atoms. The molecule has 1 aliphatic rings. The summed E-state index contributed by atoms with van der Waals surface area (Å²) in [7, 11) is 0. The Bertz CT molecular complexity index is 931. The lowest BCUT2D eigenvalue weighted by Gasteiger charge is -2.29. The Morgan fingerprint density at radius 1 is 1.35 bits per heavy atom. The second-order valence-electron chi connectivity index (χ2n) is 8.71. The predicted octanol–water partition coefficient (Wildman–Crippen LogP) is 3.85. The number of nitrogens with zero attached hydrogens (tertiary/aromatic N) is 3. The lowest BCUT2D eigenvalue weighted by Crippen LogP contribution is -2.36. The normalized spacial score (nSPS) is 20.1. The molecule has 2 heterocycles. The van der Waals surface area contributed by atoms with E-state index in [9.17, 15) is 4.79 Å². The molecule has 1 amide bonds. The molecule has 0 aliphatic heterocycles. The number of nitrogens with one attached hydrogen (secondary N) is 1. The maximum atomic E-state index is 11.1. The van der Waals surface area contributed by atoms with Crippen LogP contribution in [-0.2, 0) is 9.53 Å². The summed E-state index contributed by atoms with van der Waals surface area (Å²) in [6.07, 6.45) is 5.66. The molecule has 1 saturated carbocycles. The van der Waals surface area contributed by atoms with Crippen molar-refractivity contribution in [3.05, 3.63) is 12.3 Å². The summed E-state index contributed by atoms with van der Waals surface area (Å²) in [5.41, 5.74) is 0.196. The highest BCUT2D eigenvalue weighted by molar-refractivity contribution is 7.20. The molecule has 0 radical (unpaired) electrons. The second kappa shape index (κ2) is 10.2. The number of fused-ring (bicyclic) bond motifs is 1. The van der Waals surface area contributed by atoms with Crippen molar-refractivity contribution in [3.63, 3.8) is 0 Å². The third-order valence-corrected chi connectivity index (χ3v) is 5.96. The van der Waals surface area contributed by atoms with Crippen LogP contribution in [0.3, 0.4) is 0 Å². The minimum Gasteiger partial charge on any atom is -0.474 e. The Hall–Kier alpha value is -2.44. The maximum Gasteiger partial charge on any atom is 0.274 e. The van der Waals surface area contributed by atoms with E-state index >= 15 is 0 Å². The van der Waals surface area contributed by atoms with Crippen LogP contribution >= 0.6 is 11.3 Å². The number of ether oxygens (including phenoxy) is 3. The number of hydrogen-bond acceptors (Lipinski definition) is 8. The number of thiazole rings is 1. The van der Waals surface area contributed by atoms with Crippen molar-refractivity contribution in [2.24, 2.45) is 5.41 Å². The van der Waals surface area contributed by atoms with Crippen LogP contribution in [0.25, 0.3) is 10.2 Å². The first-order chi connectivity index (χ1) is 14.7. The fourth-order valence-corrected chi connectivity index (χ4v) is 4.16. The molecule has 1 atom stereocenters. The summed E-state index contributed by atoms with van der Waals surface area (Å²) >= 11 is 1.43. The molecule has 2 aromatic rings. The molecule has 1 aliphatic carbocycles. The standard InChI is InChI=1S/C22H30N4O4S/c1-14(25-15(2)27)11-28-16-5-7-17(8-6-16)30-20-9-19-18(10-24-20)26-21(31-19)29-13-22(3,4)12-23/h9-10,14,16-17H,5-8,11,13H2,1-4H3,(H,25,27)/t14-,16-,17-/m0/s1. The van der Waals surface area contributed by atoms with E-state index in [0.717, 1.165) is 35.9 Å². The molecule has 168 valence electrons. The van der Waals surface area contributed by atoms with Crippen LogP contribution in [0.2, 0.25) is 0 Å². The van der Waals surface area contributed by atoms with Gasteiger partial charge in [-0.1, -0.05) is 11.3 Å². The molecule has 1 N–H and O–H groups in total. The number of carbonyl (C=O) groups excluding carboxylic acids is 1. The van der Waals surface area contributed by atoms with Gasteiger partial charge in [-0.05, 0) is 46.5 Å². The Kier molecular flexibility index (Phi) is 7.68. The highest BCUT2D eigenvalue weighted by Gasteiger charge is 2.24. The van der Waals surface area contributed by atoms with E-state index in [2.05, 4.69) is 21.4 Å². The fraction of sp³-hybridized carbons (Fsp3) is 0.636. The Morgan fingerprint density at radius 2 is 2.06 bits per heavy atom. The molecule has 2 aromatic heterocycles. The van der Waals surface area contributed by atoms with Crippen LogP contribution in [-0.4, -0.2) is 47.3 Å². The summed E-state index contributed by atoms with van der Waals surface area (Å²) in [6.45, 7) is 7.93. The van der Waals surface area contributed by atoms with Gasteiger partial charge >= 0.3 is 0 Å². The number of pyridine rings is 1. The topological polar surface area (TPSA) is 106 Å². The quantitative estimate of drug-likeness (QED) is 0.623. The zero-order valence-corrected chi connectivity index (χ0v) is 19.3. The molecule has 1 fully saturated rings. The van der Waals surface area contributed by atoms with Crippen LogP contribution in [0.15, 0.2) is 12.3 Å². The van der Waals surface area contributed by atoms with Gasteiger partial charge in [0.2, 0.25) is 11.8 Å². The van der Waals surface area contributed by atoms with Crippen molar-refractivity contribution in [2.45, 2.75) is 71.6 Å². The van der Waals surface area contributed by atoms with E-state index in [1.54, 1.807) is 6.20 Å². The SMILES string of the molecule is CC(=O)N[C@@H](C)CO[C@H]1CC[C@H](Oc2cc3sc(OCC(C)(C)C#N)nc3cn2)CC1. The number of nitriles is 1. The minimum absolute atomic E-state index is 0.0154. The van der Waals surface area contributed by atoms with Crippen LogP contribution in [0.4, 0.5) is 0 Å². The number of rotatable bonds is 9. The summed E-state index contributed by atoms with van der Waals surface area (Å²) in [6, 6.07) is 4.13. The van der Waals surface area contributed by atoms with Gasteiger partial charge in [0.15, 0.2) is 0 Å². The first kappa shape index (κ1) is 23.2. The highest BCUT2D eigenvalue weighted by atomic mass is 32.1. The monoisotopic (exact) mass is 446 g/mol. The Morgan fingerprint density at radius 3 is 2.74 bits per heavy atom. The third kappa shape index (κ3) is 7.04. The first-order valence-electron chi connectivity index (χ1n) is 10.6. The number of aromatic nitrogens is 2. The Balaban J connectivity index is 1.48. The van der Waals surface area contributed by atoms with Crippen LogP contribution < -0.4 is 14.8 Å². The van der Waals surface area contributed by atoms with Crippen LogP contribution in [0.5, 0.6) is 11.1 Å². The number of amides is 1. The fourth-order valence-electron chi connectivity index (χ4n) is 3.35. The van der Waals surface area contributed by atoms with Crippen LogP contribution in [0, 0.1) is 16.7 Å². The summed E-state index contributed by atoms with van der Waals surface area (Å²) in [5, 5.41) is 12.5. The van der Waals surface area contributed by atoms with Gasteiger partial charge in [0.05, 0.1) is 35.1 Å². The van der Waals surface area contributed by atoms with E-state index < -0.39 is 5.41 Å². The summed E-state index contributed by atoms with van der Waals surface area (Å²) in [4.78, 5) is 19.9. The van der Waals surface area contributed by atoms with Crippen molar-refractivity contribution in [3.8, 4) is 17.1 Å². The zero-order valence-electron chi connectivity index (χ0n) is 18.5. The van der Waals surface area contributed by atoms with Crippen LogP contribution in [0.1, 0.15) is 53.4 Å². The maximum absolute atomic E-state index is 11.1. The highest BCUT2D eigenvalue weighted by Crippen LogP contribution is 2.32. The van der Waals surface area contributed by atoms with E-state index in [0.29, 0.717) is 17.7 Å². The second-order valence-corrected chi connectivity index (χ2v) is 9.70. The van der Waals surface area contributed by atoms with E-state index in [-0.39, 0.29) is 30.8 Å². The van der Waals surface area contributed by atoms with Gasteiger partial charge in [0.25, 0.3) is 5.19 Å². The molecule has 0 aromatic carbocycles. The molecule has 3 rings (SSSR count). The predicted molar refractivity (Wildman–Crippen MR) is 118 cm³/mol. The lowest BCUT2D eigenvalue weighted by molar-refractivity contribution is -0.120. The molecular formula is C22H30N4O4S. The van der Waals surface area contributed by atoms with Gasteiger partial charge in [0.1, 0.15) is 18.2 Å². The third-order valence-electron chi connectivity index (χ3n) is 5.03. The van der Waals surface area contributed by atoms with E-state index in [1.807, 2.05) is 26.8 Å². The van der Waals surface area contributed by atoms with Crippen molar-refractivity contribution < 1.29 is 19.0 Å². The molecule has 0 saturated heterocycles. The summed E-state index contributed by atoms with van der Waals surface area (Å²) in [5.74, 6) is 0.548. The zero-order chi connectivity index (χ0) is 22.4. The van der Waals surface area contributed by atoms with Gasteiger partial charge in [-0.15, -0.1) is 0 Å². The number of carbonyl (C=O) groups is 1. The molecule has 0 unspecified atom stereocenters. The number of hydrogen-bond donors (Lipinski definition) is 1. The Labute approximate surface area is 186 Å². The summed E-state index contributed by atoms with van der Waals surface area (Å²) < 4.78 is 18.7. The molecule has 8 nitrogen and oxygen atoms in total. The molecule has 9 heteroatoms. The van der Waals surface area contributed by atoms with Gasteiger partial charge in [-0.2, -0.15) is 5.26 Å². The average Bonchev–Trinajstić information content (AvgIpc) is 3.14. The molecule has 0 bridgehead atoms. The van der Waals surface area contributed by atoms with Crippen molar-refractivity contribution in [1.82, 2.24) is 15.3 Å².